The van der Waals surface area contributed by atoms with Crippen LogP contribution in [0.3, 0.4) is 0 Å². The summed E-state index contributed by atoms with van der Waals surface area (Å²) in [4.78, 5) is 39.2. The van der Waals surface area contributed by atoms with Gasteiger partial charge in [-0.1, -0.05) is 26.0 Å². The van der Waals surface area contributed by atoms with E-state index in [1.165, 1.54) is 19.2 Å². The SMILES string of the molecule is CCCOCCOC(=O)C1=C(C)NC2=C(C(=O)[C@@H](C(=O)OC)[C@@H](C)C2)[C@@H]1c1cccc(O)c1. The molecule has 0 saturated carbocycles. The first-order chi connectivity index (χ1) is 15.8. The van der Waals surface area contributed by atoms with Crippen molar-refractivity contribution in [3.8, 4) is 5.75 Å². The van der Waals surface area contributed by atoms with E-state index in [1.54, 1.807) is 19.1 Å². The third-order valence-corrected chi connectivity index (χ3v) is 5.98. The molecule has 1 aliphatic carbocycles. The molecule has 0 radical (unpaired) electrons. The van der Waals surface area contributed by atoms with Gasteiger partial charge in [-0.05, 0) is 43.4 Å². The van der Waals surface area contributed by atoms with E-state index in [-0.39, 0.29) is 36.2 Å². The number of ketones is 1. The van der Waals surface area contributed by atoms with Crippen molar-refractivity contribution >= 4 is 17.7 Å². The molecule has 33 heavy (non-hydrogen) atoms. The predicted octanol–water partition coefficient (Wildman–Crippen LogP) is 2.98. The molecule has 8 heteroatoms. The molecule has 178 valence electrons. The summed E-state index contributed by atoms with van der Waals surface area (Å²) in [6.45, 7) is 6.49. The molecule has 1 aromatic carbocycles. The number of benzene rings is 1. The zero-order valence-electron chi connectivity index (χ0n) is 19.5. The molecule has 8 nitrogen and oxygen atoms in total. The van der Waals surface area contributed by atoms with Crippen LogP contribution in [0.2, 0.25) is 0 Å². The van der Waals surface area contributed by atoms with E-state index >= 15 is 0 Å². The summed E-state index contributed by atoms with van der Waals surface area (Å²) in [5, 5.41) is 13.3. The molecule has 2 aliphatic rings. The molecule has 2 N–H and O–H groups in total. The largest absolute Gasteiger partial charge is 0.508 e. The Hall–Kier alpha value is -3.13. The summed E-state index contributed by atoms with van der Waals surface area (Å²) in [5.41, 5.74) is 2.39. The van der Waals surface area contributed by atoms with E-state index in [1.807, 2.05) is 13.8 Å². The number of nitrogens with one attached hydrogen (secondary N) is 1. The molecule has 1 heterocycles. The molecular weight excluding hydrogens is 426 g/mol. The van der Waals surface area contributed by atoms with Crippen LogP contribution in [0, 0.1) is 11.8 Å². The molecular formula is C25H31NO7. The zero-order valence-corrected chi connectivity index (χ0v) is 19.5. The summed E-state index contributed by atoms with van der Waals surface area (Å²) in [6.07, 6.45) is 1.31. The van der Waals surface area contributed by atoms with E-state index in [0.29, 0.717) is 35.6 Å². The Balaban J connectivity index is 2.02. The number of dihydropyridines is 1. The Morgan fingerprint density at radius 3 is 2.64 bits per heavy atom. The van der Waals surface area contributed by atoms with Crippen LogP contribution in [0.4, 0.5) is 0 Å². The molecule has 0 bridgehead atoms. The minimum absolute atomic E-state index is 0.00710. The lowest BCUT2D eigenvalue weighted by atomic mass is 9.69. The number of hydrogen-bond acceptors (Lipinski definition) is 8. The first-order valence-corrected chi connectivity index (χ1v) is 11.2. The lowest BCUT2D eigenvalue weighted by molar-refractivity contribution is -0.151. The number of Topliss-reactive ketones (excluding diaryl/α,β-unsaturated/α-hetero) is 1. The fourth-order valence-corrected chi connectivity index (χ4v) is 4.51. The maximum atomic E-state index is 13.6. The first-order valence-electron chi connectivity index (χ1n) is 11.2. The predicted molar refractivity (Wildman–Crippen MR) is 120 cm³/mol. The number of allylic oxidation sites excluding steroid dienone is 3. The summed E-state index contributed by atoms with van der Waals surface area (Å²) in [7, 11) is 1.26. The molecule has 0 spiro atoms. The van der Waals surface area contributed by atoms with Gasteiger partial charge in [-0.15, -0.1) is 0 Å². The second kappa shape index (κ2) is 10.7. The number of carbonyl (C=O) groups excluding carboxylic acids is 3. The number of rotatable bonds is 8. The summed E-state index contributed by atoms with van der Waals surface area (Å²) < 4.78 is 15.7. The molecule has 0 aromatic heterocycles. The highest BCUT2D eigenvalue weighted by Crippen LogP contribution is 2.45. The normalized spacial score (nSPS) is 22.5. The molecule has 1 aromatic rings. The van der Waals surface area contributed by atoms with Crippen molar-refractivity contribution in [1.29, 1.82) is 0 Å². The van der Waals surface area contributed by atoms with Crippen LogP contribution in [0.1, 0.15) is 45.1 Å². The average Bonchev–Trinajstić information content (AvgIpc) is 2.77. The van der Waals surface area contributed by atoms with Gasteiger partial charge in [0, 0.05) is 29.5 Å². The lowest BCUT2D eigenvalue weighted by Crippen LogP contribution is -2.43. The average molecular weight is 458 g/mol. The number of carbonyl (C=O) groups is 3. The van der Waals surface area contributed by atoms with Crippen LogP contribution < -0.4 is 5.32 Å². The highest BCUT2D eigenvalue weighted by atomic mass is 16.6. The van der Waals surface area contributed by atoms with Crippen LogP contribution in [-0.4, -0.2) is 49.8 Å². The number of ether oxygens (including phenoxy) is 3. The Morgan fingerprint density at radius 1 is 1.21 bits per heavy atom. The number of aromatic hydroxyl groups is 1. The third-order valence-electron chi connectivity index (χ3n) is 5.98. The Morgan fingerprint density at radius 2 is 1.97 bits per heavy atom. The van der Waals surface area contributed by atoms with Crippen molar-refractivity contribution < 1.29 is 33.7 Å². The van der Waals surface area contributed by atoms with Crippen LogP contribution >= 0.6 is 0 Å². The molecule has 3 atom stereocenters. The van der Waals surface area contributed by atoms with Gasteiger partial charge in [-0.2, -0.15) is 0 Å². The minimum atomic E-state index is -0.964. The quantitative estimate of drug-likeness (QED) is 0.348. The maximum absolute atomic E-state index is 13.6. The van der Waals surface area contributed by atoms with Crippen molar-refractivity contribution in [3.05, 3.63) is 52.4 Å². The van der Waals surface area contributed by atoms with Crippen LogP contribution in [0.25, 0.3) is 0 Å². The van der Waals surface area contributed by atoms with Crippen LogP contribution in [-0.2, 0) is 28.6 Å². The van der Waals surface area contributed by atoms with Gasteiger partial charge < -0.3 is 24.6 Å². The van der Waals surface area contributed by atoms with E-state index in [9.17, 15) is 19.5 Å². The minimum Gasteiger partial charge on any atom is -0.508 e. The molecule has 3 rings (SSSR count). The van der Waals surface area contributed by atoms with E-state index < -0.39 is 23.8 Å². The smallest absolute Gasteiger partial charge is 0.336 e. The number of methoxy groups -OCH3 is 1. The van der Waals surface area contributed by atoms with E-state index in [4.69, 9.17) is 14.2 Å². The Kier molecular flexibility index (Phi) is 7.92. The van der Waals surface area contributed by atoms with E-state index in [0.717, 1.165) is 6.42 Å². The zero-order chi connectivity index (χ0) is 24.1. The van der Waals surface area contributed by atoms with E-state index in [2.05, 4.69) is 5.32 Å². The van der Waals surface area contributed by atoms with Crippen molar-refractivity contribution in [2.24, 2.45) is 11.8 Å². The number of phenols is 1. The van der Waals surface area contributed by atoms with Crippen molar-refractivity contribution in [2.45, 2.75) is 39.5 Å². The summed E-state index contributed by atoms with van der Waals surface area (Å²) in [6, 6.07) is 6.42. The molecule has 0 saturated heterocycles. The molecule has 0 amide bonds. The Bertz CT molecular complexity index is 994. The van der Waals surface area contributed by atoms with Gasteiger partial charge in [0.2, 0.25) is 0 Å². The topological polar surface area (TPSA) is 111 Å². The van der Waals surface area contributed by atoms with Crippen molar-refractivity contribution in [3.63, 3.8) is 0 Å². The van der Waals surface area contributed by atoms with Gasteiger partial charge in [-0.3, -0.25) is 9.59 Å². The van der Waals surface area contributed by atoms with Gasteiger partial charge >= 0.3 is 11.9 Å². The van der Waals surface area contributed by atoms with Gasteiger partial charge in [0.05, 0.1) is 19.3 Å². The number of phenolic OH excluding ortho intramolecular Hbond substituents is 1. The fraction of sp³-hybridized carbons (Fsp3) is 0.480. The number of hydrogen-bond donors (Lipinski definition) is 2. The highest BCUT2D eigenvalue weighted by Gasteiger charge is 2.47. The monoisotopic (exact) mass is 457 g/mol. The summed E-state index contributed by atoms with van der Waals surface area (Å²) in [5.74, 6) is -3.58. The van der Waals surface area contributed by atoms with Gasteiger partial charge in [0.1, 0.15) is 18.3 Å². The van der Waals surface area contributed by atoms with Gasteiger partial charge in [-0.25, -0.2) is 4.79 Å². The first kappa shape index (κ1) is 24.5. The second-order valence-corrected chi connectivity index (χ2v) is 8.38. The summed E-state index contributed by atoms with van der Waals surface area (Å²) >= 11 is 0. The van der Waals surface area contributed by atoms with Gasteiger partial charge in [0.15, 0.2) is 5.78 Å². The second-order valence-electron chi connectivity index (χ2n) is 8.38. The molecule has 1 aliphatic heterocycles. The Labute approximate surface area is 193 Å². The highest BCUT2D eigenvalue weighted by molar-refractivity contribution is 6.12. The number of esters is 2. The fourth-order valence-electron chi connectivity index (χ4n) is 4.51. The van der Waals surface area contributed by atoms with Crippen LogP contribution in [0.5, 0.6) is 5.75 Å². The van der Waals surface area contributed by atoms with Crippen molar-refractivity contribution in [2.75, 3.05) is 26.9 Å². The van der Waals surface area contributed by atoms with Crippen LogP contribution in [0.15, 0.2) is 46.8 Å². The third kappa shape index (κ3) is 5.11. The molecule has 0 unspecified atom stereocenters. The standard InChI is InChI=1S/C25H31NO7/c1-5-9-32-10-11-33-25(30)20-15(3)26-18-12-14(2)19(24(29)31-4)23(28)22(18)21(20)16-7-6-8-17(27)13-16/h6-8,13-14,19,21,26-27H,5,9-12H2,1-4H3/t14-,19-,21+/m0/s1. The van der Waals surface area contributed by atoms with Crippen molar-refractivity contribution in [1.82, 2.24) is 5.32 Å². The molecule has 0 fully saturated rings. The lowest BCUT2D eigenvalue weighted by Gasteiger charge is -2.38. The maximum Gasteiger partial charge on any atom is 0.336 e. The van der Waals surface area contributed by atoms with Gasteiger partial charge in [0.25, 0.3) is 0 Å².